The Morgan fingerprint density at radius 1 is 0.902 bits per heavy atom. The van der Waals surface area contributed by atoms with E-state index in [0.29, 0.717) is 44.3 Å². The number of rotatable bonds is 6. The molecule has 1 aromatic heterocycles. The zero-order chi connectivity index (χ0) is 36.5. The van der Waals surface area contributed by atoms with Gasteiger partial charge in [0.05, 0.1) is 11.7 Å². The minimum atomic E-state index is -1.45. The molecule has 3 heterocycles. The molecule has 0 saturated carbocycles. The van der Waals surface area contributed by atoms with Gasteiger partial charge in [-0.15, -0.1) is 11.3 Å². The summed E-state index contributed by atoms with van der Waals surface area (Å²) in [5.74, 6) is -3.10. The van der Waals surface area contributed by atoms with E-state index in [1.54, 1.807) is 18.3 Å². The Morgan fingerprint density at radius 2 is 1.65 bits per heavy atom. The second kappa shape index (κ2) is 17.8. The first kappa shape index (κ1) is 37.9. The molecular formula is C37H50N6O7S. The van der Waals surface area contributed by atoms with Gasteiger partial charge in [0.1, 0.15) is 30.2 Å². The predicted molar refractivity (Wildman–Crippen MR) is 192 cm³/mol. The average Bonchev–Trinajstić information content (AvgIpc) is 3.79. The average molecular weight is 723 g/mol. The Bertz CT molecular complexity index is 1580. The molecule has 0 bridgehead atoms. The van der Waals surface area contributed by atoms with Crippen LogP contribution in [-0.2, 0) is 43.2 Å². The summed E-state index contributed by atoms with van der Waals surface area (Å²) in [6.45, 7) is 3.70. The van der Waals surface area contributed by atoms with Gasteiger partial charge < -0.3 is 36.6 Å². The fourth-order valence-electron chi connectivity index (χ4n) is 7.09. The van der Waals surface area contributed by atoms with Crippen molar-refractivity contribution >= 4 is 46.8 Å². The molecule has 51 heavy (non-hydrogen) atoms. The molecule has 3 aliphatic rings. The Kier molecular flexibility index (Phi) is 13.2. The molecule has 2 saturated heterocycles. The Labute approximate surface area is 302 Å². The number of nitrogens with zero attached hydrogens (tertiary/aromatic N) is 1. The largest absolute Gasteiger partial charge is 0.391 e. The van der Waals surface area contributed by atoms with E-state index in [2.05, 4.69) is 26.6 Å². The van der Waals surface area contributed by atoms with Gasteiger partial charge in [-0.3, -0.25) is 28.8 Å². The third kappa shape index (κ3) is 9.53. The third-order valence-electron chi connectivity index (χ3n) is 9.99. The number of aryl methyl sites for hydroxylation is 1. The summed E-state index contributed by atoms with van der Waals surface area (Å²) in [5, 5.41) is 26.4. The van der Waals surface area contributed by atoms with Crippen LogP contribution < -0.4 is 26.6 Å². The highest BCUT2D eigenvalue weighted by molar-refractivity contribution is 7.10. The number of benzene rings is 1. The first-order valence-electron chi connectivity index (χ1n) is 18.2. The summed E-state index contributed by atoms with van der Waals surface area (Å²) in [5.41, 5.74) is 2.38. The standard InChI is InChI=1S/C37H50N6O7S/c1-3-26-33(46)42-31(22(2)44)36(49)41-28(20-23-12-5-4-6-13-23)37(50)43-19-11-16-29(43)35(48)38-18-10-9-15-27(34(47)39-26)40-32(45)25-21-51-30-17-8-7-14-24(25)30/h4-6,12-13,21-22,26-29,31,44H,3,7-11,14-20H2,1-2H3,(H,38,48)(H,39,47)(H,40,45)(H,41,49)(H,42,46)/t22-,26+,27+,28-,29+,31+/m1/s1. The van der Waals surface area contributed by atoms with E-state index in [-0.39, 0.29) is 31.1 Å². The van der Waals surface area contributed by atoms with Crippen molar-refractivity contribution in [1.29, 1.82) is 0 Å². The van der Waals surface area contributed by atoms with E-state index >= 15 is 0 Å². The fourth-order valence-corrected chi connectivity index (χ4v) is 8.22. The summed E-state index contributed by atoms with van der Waals surface area (Å²) in [4.78, 5) is 84.6. The monoisotopic (exact) mass is 722 g/mol. The zero-order valence-corrected chi connectivity index (χ0v) is 30.2. The highest BCUT2D eigenvalue weighted by Gasteiger charge is 2.39. The number of nitrogens with one attached hydrogen (secondary N) is 5. The lowest BCUT2D eigenvalue weighted by molar-refractivity contribution is -0.142. The smallest absolute Gasteiger partial charge is 0.253 e. The normalized spacial score (nSPS) is 26.2. The lowest BCUT2D eigenvalue weighted by Crippen LogP contribution is -2.61. The molecule has 5 rings (SSSR count). The molecule has 2 aromatic rings. The second-order valence-corrected chi connectivity index (χ2v) is 14.7. The summed E-state index contributed by atoms with van der Waals surface area (Å²) in [6, 6.07) is 3.85. The number of amides is 6. The van der Waals surface area contributed by atoms with Crippen molar-refractivity contribution in [3.8, 4) is 0 Å². The number of thiophene rings is 1. The predicted octanol–water partition coefficient (Wildman–Crippen LogP) is 1.50. The second-order valence-electron chi connectivity index (χ2n) is 13.7. The van der Waals surface area contributed by atoms with Crippen LogP contribution in [-0.4, -0.2) is 94.9 Å². The van der Waals surface area contributed by atoms with Crippen molar-refractivity contribution < 1.29 is 33.9 Å². The minimum Gasteiger partial charge on any atom is -0.391 e. The number of carbonyl (C=O) groups excluding carboxylic acids is 6. The van der Waals surface area contributed by atoms with Crippen LogP contribution >= 0.6 is 11.3 Å². The van der Waals surface area contributed by atoms with Gasteiger partial charge in [0.25, 0.3) is 5.91 Å². The van der Waals surface area contributed by atoms with Crippen molar-refractivity contribution in [3.63, 3.8) is 0 Å². The van der Waals surface area contributed by atoms with Gasteiger partial charge in [0, 0.05) is 29.8 Å². The summed E-state index contributed by atoms with van der Waals surface area (Å²) in [7, 11) is 0. The maximum Gasteiger partial charge on any atom is 0.253 e. The molecule has 276 valence electrons. The van der Waals surface area contributed by atoms with Crippen LogP contribution in [0.2, 0.25) is 0 Å². The quantitative estimate of drug-likeness (QED) is 0.261. The summed E-state index contributed by atoms with van der Waals surface area (Å²) >= 11 is 1.56. The molecule has 13 nitrogen and oxygen atoms in total. The van der Waals surface area contributed by atoms with E-state index in [4.69, 9.17) is 0 Å². The number of hydrogen-bond donors (Lipinski definition) is 6. The molecular weight excluding hydrogens is 673 g/mol. The van der Waals surface area contributed by atoms with Crippen LogP contribution in [0.1, 0.15) is 91.6 Å². The molecule has 0 radical (unpaired) electrons. The molecule has 0 spiro atoms. The van der Waals surface area contributed by atoms with Gasteiger partial charge in [-0.05, 0) is 82.3 Å². The van der Waals surface area contributed by atoms with Crippen molar-refractivity contribution in [1.82, 2.24) is 31.5 Å². The van der Waals surface area contributed by atoms with Gasteiger partial charge in [-0.2, -0.15) is 0 Å². The molecule has 2 fully saturated rings. The summed E-state index contributed by atoms with van der Waals surface area (Å²) < 4.78 is 0. The number of carbonyl (C=O) groups is 6. The number of aliphatic hydroxyl groups is 1. The van der Waals surface area contributed by atoms with Crippen LogP contribution in [0.25, 0.3) is 0 Å². The lowest BCUT2D eigenvalue weighted by atomic mass is 9.95. The maximum atomic E-state index is 14.0. The molecule has 1 aliphatic carbocycles. The van der Waals surface area contributed by atoms with Crippen molar-refractivity contribution in [2.45, 2.75) is 121 Å². The Hall–Kier alpha value is -4.30. The van der Waals surface area contributed by atoms with Crippen LogP contribution in [0.15, 0.2) is 35.7 Å². The van der Waals surface area contributed by atoms with Crippen LogP contribution in [0.3, 0.4) is 0 Å². The van der Waals surface area contributed by atoms with Crippen LogP contribution in [0.5, 0.6) is 0 Å². The van der Waals surface area contributed by atoms with E-state index in [9.17, 15) is 33.9 Å². The highest BCUT2D eigenvalue weighted by atomic mass is 32.1. The van der Waals surface area contributed by atoms with Gasteiger partial charge >= 0.3 is 0 Å². The van der Waals surface area contributed by atoms with Crippen molar-refractivity contribution in [2.24, 2.45) is 0 Å². The van der Waals surface area contributed by atoms with Crippen molar-refractivity contribution in [2.75, 3.05) is 13.1 Å². The molecule has 2 aliphatic heterocycles. The first-order valence-corrected chi connectivity index (χ1v) is 19.1. The van der Waals surface area contributed by atoms with Gasteiger partial charge in [-0.25, -0.2) is 0 Å². The van der Waals surface area contributed by atoms with Crippen LogP contribution in [0, 0.1) is 0 Å². The Morgan fingerprint density at radius 3 is 2.39 bits per heavy atom. The van der Waals surface area contributed by atoms with E-state index in [1.807, 2.05) is 35.7 Å². The molecule has 6 atom stereocenters. The molecule has 6 amide bonds. The van der Waals surface area contributed by atoms with Crippen LogP contribution in [0.4, 0.5) is 0 Å². The fraction of sp³-hybridized carbons (Fsp3) is 0.568. The number of hydrogen-bond acceptors (Lipinski definition) is 8. The molecule has 1 aromatic carbocycles. The first-order chi connectivity index (χ1) is 24.6. The number of aliphatic hydroxyl groups excluding tert-OH is 1. The van der Waals surface area contributed by atoms with Gasteiger partial charge in [-0.1, -0.05) is 37.3 Å². The maximum absolute atomic E-state index is 14.0. The zero-order valence-electron chi connectivity index (χ0n) is 29.4. The third-order valence-corrected chi connectivity index (χ3v) is 11.1. The van der Waals surface area contributed by atoms with E-state index < -0.39 is 59.9 Å². The number of fused-ring (bicyclic) bond motifs is 2. The summed E-state index contributed by atoms with van der Waals surface area (Å²) in [6.07, 6.45) is 5.11. The molecule has 14 heteroatoms. The lowest BCUT2D eigenvalue weighted by Gasteiger charge is -2.30. The molecule has 6 N–H and O–H groups in total. The van der Waals surface area contributed by atoms with Gasteiger partial charge in [0.2, 0.25) is 29.5 Å². The SMILES string of the molecule is CC[C@@H]1NC(=O)[C@@H](NC(=O)c2csc3c2CCCC3)CCCCNC(=O)[C@@H]2CCCN2C(=O)[C@@H](Cc2ccccc2)NC(=O)[C@H]([C@@H](C)O)NC1=O. The highest BCUT2D eigenvalue weighted by Crippen LogP contribution is 2.30. The molecule has 0 unspecified atom stereocenters. The topological polar surface area (TPSA) is 186 Å². The Balaban J connectivity index is 1.39. The van der Waals surface area contributed by atoms with E-state index in [1.165, 1.54) is 16.7 Å². The van der Waals surface area contributed by atoms with E-state index in [0.717, 1.165) is 36.8 Å². The minimum absolute atomic E-state index is 0.131. The van der Waals surface area contributed by atoms with Gasteiger partial charge in [0.15, 0.2) is 0 Å². The van der Waals surface area contributed by atoms with Crippen molar-refractivity contribution in [3.05, 3.63) is 57.3 Å².